The van der Waals surface area contributed by atoms with Gasteiger partial charge in [-0.3, -0.25) is 9.69 Å². The Balaban J connectivity index is 1.65. The van der Waals surface area contributed by atoms with Crippen LogP contribution >= 0.6 is 11.6 Å². The number of aryl methyl sites for hydroxylation is 1. The Kier molecular flexibility index (Phi) is 6.72. The van der Waals surface area contributed by atoms with Crippen molar-refractivity contribution in [2.75, 3.05) is 32.8 Å². The highest BCUT2D eigenvalue weighted by Crippen LogP contribution is 2.25. The second kappa shape index (κ2) is 9.07. The number of hydrogen-bond donors (Lipinski definition) is 1. The molecule has 1 amide bonds. The highest BCUT2D eigenvalue weighted by atomic mass is 35.5. The van der Waals surface area contributed by atoms with Gasteiger partial charge in [0, 0.05) is 36.8 Å². The monoisotopic (exact) mass is 420 g/mol. The van der Waals surface area contributed by atoms with Crippen molar-refractivity contribution >= 4 is 23.6 Å². The number of carbonyl (C=O) groups is 1. The number of amides is 1. The van der Waals surface area contributed by atoms with Gasteiger partial charge in [0.2, 0.25) is 5.91 Å². The molecule has 0 spiro atoms. The molecule has 0 radical (unpaired) electrons. The van der Waals surface area contributed by atoms with Crippen molar-refractivity contribution in [1.82, 2.24) is 20.0 Å². The van der Waals surface area contributed by atoms with Gasteiger partial charge in [0.1, 0.15) is 11.0 Å². The Morgan fingerprint density at radius 2 is 1.97 bits per heavy atom. The van der Waals surface area contributed by atoms with Crippen molar-refractivity contribution in [3.8, 4) is 5.69 Å². The van der Waals surface area contributed by atoms with E-state index in [1.807, 2.05) is 6.92 Å². The molecule has 1 aromatic heterocycles. The summed E-state index contributed by atoms with van der Waals surface area (Å²) in [7, 11) is 0. The maximum Gasteiger partial charge on any atom is 0.244 e. The molecule has 1 saturated heterocycles. The number of halogens is 2. The minimum atomic E-state index is -0.328. The van der Waals surface area contributed by atoms with E-state index < -0.39 is 0 Å². The van der Waals surface area contributed by atoms with Crippen LogP contribution in [0, 0.1) is 12.7 Å². The summed E-state index contributed by atoms with van der Waals surface area (Å²) >= 11 is 6.44. The van der Waals surface area contributed by atoms with E-state index in [0.29, 0.717) is 41.9 Å². The maximum atomic E-state index is 13.1. The zero-order chi connectivity index (χ0) is 21.0. The van der Waals surface area contributed by atoms with E-state index in [-0.39, 0.29) is 17.3 Å². The molecule has 2 aromatic rings. The van der Waals surface area contributed by atoms with Crippen molar-refractivity contribution in [3.05, 3.63) is 52.6 Å². The van der Waals surface area contributed by atoms with E-state index in [1.165, 1.54) is 22.9 Å². The largest absolute Gasteiger partial charge is 0.379 e. The van der Waals surface area contributed by atoms with E-state index in [2.05, 4.69) is 29.2 Å². The fraction of sp³-hybridized carbons (Fsp3) is 0.429. The number of hydrogen-bond acceptors (Lipinski definition) is 4. The van der Waals surface area contributed by atoms with Gasteiger partial charge in [-0.05, 0) is 51.1 Å². The number of rotatable bonds is 6. The molecule has 1 aromatic carbocycles. The fourth-order valence-corrected chi connectivity index (χ4v) is 3.59. The highest BCUT2D eigenvalue weighted by molar-refractivity contribution is 6.31. The number of carbonyl (C=O) groups excluding carboxylic acids is 1. The van der Waals surface area contributed by atoms with Crippen molar-refractivity contribution in [2.24, 2.45) is 0 Å². The Morgan fingerprint density at radius 1 is 1.31 bits per heavy atom. The van der Waals surface area contributed by atoms with Crippen molar-refractivity contribution in [2.45, 2.75) is 26.3 Å². The molecule has 156 valence electrons. The highest BCUT2D eigenvalue weighted by Gasteiger charge is 2.28. The lowest BCUT2D eigenvalue weighted by atomic mass is 10.0. The molecule has 1 N–H and O–H groups in total. The summed E-state index contributed by atoms with van der Waals surface area (Å²) in [5, 5.41) is 7.72. The van der Waals surface area contributed by atoms with Crippen LogP contribution in [0.1, 0.15) is 25.1 Å². The van der Waals surface area contributed by atoms with E-state index in [9.17, 15) is 9.18 Å². The topological polar surface area (TPSA) is 59.4 Å². The van der Waals surface area contributed by atoms with Crippen molar-refractivity contribution in [3.63, 3.8) is 0 Å². The third kappa shape index (κ3) is 5.23. The first-order valence-electron chi connectivity index (χ1n) is 9.58. The van der Waals surface area contributed by atoms with E-state index in [1.54, 1.807) is 18.2 Å². The van der Waals surface area contributed by atoms with E-state index in [4.69, 9.17) is 16.3 Å². The Labute approximate surface area is 175 Å². The average Bonchev–Trinajstić information content (AvgIpc) is 3.00. The molecular formula is C21H26ClFN4O2. The van der Waals surface area contributed by atoms with Crippen LogP contribution in [0.2, 0.25) is 5.15 Å². The van der Waals surface area contributed by atoms with Crippen LogP contribution in [0.4, 0.5) is 4.39 Å². The third-order valence-corrected chi connectivity index (χ3v) is 5.45. The summed E-state index contributed by atoms with van der Waals surface area (Å²) in [4.78, 5) is 14.6. The minimum Gasteiger partial charge on any atom is -0.379 e. The number of morpholine rings is 1. The first-order chi connectivity index (χ1) is 13.8. The second-order valence-corrected chi connectivity index (χ2v) is 8.00. The number of benzene rings is 1. The van der Waals surface area contributed by atoms with E-state index in [0.717, 1.165) is 13.1 Å². The molecule has 29 heavy (non-hydrogen) atoms. The maximum absolute atomic E-state index is 13.1. The first kappa shape index (κ1) is 21.5. The molecule has 1 aliphatic rings. The van der Waals surface area contributed by atoms with Gasteiger partial charge in [-0.2, -0.15) is 5.10 Å². The molecule has 0 aliphatic carbocycles. The molecule has 2 heterocycles. The Bertz CT molecular complexity index is 887. The molecule has 1 aliphatic heterocycles. The summed E-state index contributed by atoms with van der Waals surface area (Å²) in [5.41, 5.74) is 1.82. The smallest absolute Gasteiger partial charge is 0.244 e. The summed E-state index contributed by atoms with van der Waals surface area (Å²) in [6.07, 6.45) is 3.11. The lowest BCUT2D eigenvalue weighted by Crippen LogP contribution is -2.55. The van der Waals surface area contributed by atoms with Crippen LogP contribution in [0.25, 0.3) is 11.8 Å². The first-order valence-corrected chi connectivity index (χ1v) is 9.95. The Morgan fingerprint density at radius 3 is 2.62 bits per heavy atom. The fourth-order valence-electron chi connectivity index (χ4n) is 3.26. The average molecular weight is 421 g/mol. The van der Waals surface area contributed by atoms with Crippen LogP contribution in [-0.4, -0.2) is 59.0 Å². The third-order valence-electron chi connectivity index (χ3n) is 5.08. The molecule has 6 nitrogen and oxygen atoms in total. The quantitative estimate of drug-likeness (QED) is 0.729. The van der Waals surface area contributed by atoms with Gasteiger partial charge in [-0.25, -0.2) is 9.07 Å². The van der Waals surface area contributed by atoms with E-state index >= 15 is 0 Å². The lowest BCUT2D eigenvalue weighted by Gasteiger charge is -2.40. The van der Waals surface area contributed by atoms with Gasteiger partial charge < -0.3 is 10.1 Å². The standard InChI is InChI=1S/C21H26ClFN4O2/c1-15-18(20(22)27(25-15)17-6-4-16(23)5-7-17)8-9-19(28)24-14-21(2,3)26-10-12-29-13-11-26/h4-9H,10-14H2,1-3H3,(H,24,28)/b9-8+. The molecule has 0 atom stereocenters. The summed E-state index contributed by atoms with van der Waals surface area (Å²) in [5.74, 6) is -0.526. The predicted octanol–water partition coefficient (Wildman–Crippen LogP) is 3.21. The van der Waals surface area contributed by atoms with Crippen molar-refractivity contribution < 1.29 is 13.9 Å². The summed E-state index contributed by atoms with van der Waals surface area (Å²) in [6, 6.07) is 5.90. The summed E-state index contributed by atoms with van der Waals surface area (Å²) in [6.45, 7) is 9.70. The number of nitrogens with one attached hydrogen (secondary N) is 1. The van der Waals surface area contributed by atoms with Crippen LogP contribution in [0.5, 0.6) is 0 Å². The van der Waals surface area contributed by atoms with Crippen LogP contribution in [-0.2, 0) is 9.53 Å². The Hall–Kier alpha value is -2.22. The van der Waals surface area contributed by atoms with Gasteiger partial charge in [0.05, 0.1) is 24.6 Å². The van der Waals surface area contributed by atoms with Crippen molar-refractivity contribution in [1.29, 1.82) is 0 Å². The minimum absolute atomic E-state index is 0.158. The van der Waals surface area contributed by atoms with Gasteiger partial charge in [-0.15, -0.1) is 0 Å². The van der Waals surface area contributed by atoms with Gasteiger partial charge in [0.15, 0.2) is 0 Å². The molecule has 0 saturated carbocycles. The molecule has 0 unspecified atom stereocenters. The number of aromatic nitrogens is 2. The molecule has 1 fully saturated rings. The lowest BCUT2D eigenvalue weighted by molar-refractivity contribution is -0.117. The zero-order valence-corrected chi connectivity index (χ0v) is 17.7. The van der Waals surface area contributed by atoms with Crippen LogP contribution in [0.3, 0.4) is 0 Å². The SMILES string of the molecule is Cc1nn(-c2ccc(F)cc2)c(Cl)c1/C=C/C(=O)NCC(C)(C)N1CCOCC1. The van der Waals surface area contributed by atoms with Gasteiger partial charge in [-0.1, -0.05) is 11.6 Å². The second-order valence-electron chi connectivity index (χ2n) is 7.64. The molecular weight excluding hydrogens is 395 g/mol. The van der Waals surface area contributed by atoms with Crippen LogP contribution < -0.4 is 5.32 Å². The van der Waals surface area contributed by atoms with Crippen LogP contribution in [0.15, 0.2) is 30.3 Å². The zero-order valence-electron chi connectivity index (χ0n) is 16.9. The molecule has 8 heteroatoms. The molecule has 3 rings (SSSR count). The van der Waals surface area contributed by atoms with Gasteiger partial charge in [0.25, 0.3) is 0 Å². The summed E-state index contributed by atoms with van der Waals surface area (Å²) < 4.78 is 20.1. The van der Waals surface area contributed by atoms with Gasteiger partial charge >= 0.3 is 0 Å². The number of ether oxygens (including phenoxy) is 1. The molecule has 0 bridgehead atoms. The predicted molar refractivity (Wildman–Crippen MR) is 112 cm³/mol. The normalized spacial score (nSPS) is 15.8. The number of nitrogens with zero attached hydrogens (tertiary/aromatic N) is 3.